The Morgan fingerprint density at radius 3 is 2.67 bits per heavy atom. The average molecular weight is 329 g/mol. The molecule has 1 aliphatic rings. The van der Waals surface area contributed by atoms with Gasteiger partial charge in [0.1, 0.15) is 12.4 Å². The summed E-state index contributed by atoms with van der Waals surface area (Å²) < 4.78 is 18.0. The number of carbonyl (C=O) groups excluding carboxylic acids is 1. The molecule has 3 rings (SSSR count). The van der Waals surface area contributed by atoms with Crippen LogP contribution in [-0.4, -0.2) is 37.5 Å². The third kappa shape index (κ3) is 3.04. The molecule has 1 aromatic heterocycles. The summed E-state index contributed by atoms with van der Waals surface area (Å²) in [5, 5.41) is 0. The van der Waals surface area contributed by atoms with E-state index in [2.05, 4.69) is 6.92 Å². The summed E-state index contributed by atoms with van der Waals surface area (Å²) >= 11 is 0. The molecule has 5 nitrogen and oxygen atoms in total. The van der Waals surface area contributed by atoms with Crippen LogP contribution >= 0.6 is 0 Å². The molecule has 0 N–H and O–H groups in total. The van der Waals surface area contributed by atoms with Crippen LogP contribution in [-0.2, 0) is 9.47 Å². The molecule has 24 heavy (non-hydrogen) atoms. The van der Waals surface area contributed by atoms with Crippen LogP contribution in [0.2, 0.25) is 0 Å². The average Bonchev–Trinajstić information content (AvgIpc) is 2.85. The van der Waals surface area contributed by atoms with E-state index in [1.165, 1.54) is 0 Å². The molecule has 0 radical (unpaired) electrons. The fourth-order valence-corrected chi connectivity index (χ4v) is 2.97. The first kappa shape index (κ1) is 16.6. The molecule has 2 aromatic rings. The van der Waals surface area contributed by atoms with E-state index in [0.717, 1.165) is 22.8 Å². The number of ether oxygens (including phenoxy) is 3. The number of hydrogen-bond acceptors (Lipinski definition) is 4. The molecule has 0 unspecified atom stereocenters. The van der Waals surface area contributed by atoms with E-state index in [1.807, 2.05) is 48.7 Å². The highest BCUT2D eigenvalue weighted by Crippen LogP contribution is 2.28. The second-order valence-electron chi connectivity index (χ2n) is 6.70. The predicted molar refractivity (Wildman–Crippen MR) is 91.0 cm³/mol. The summed E-state index contributed by atoms with van der Waals surface area (Å²) in [7, 11) is 1.64. The third-order valence-electron chi connectivity index (χ3n) is 4.42. The molecule has 128 valence electrons. The summed E-state index contributed by atoms with van der Waals surface area (Å²) in [5.74, 6) is 0.493. The Bertz CT molecular complexity index is 759. The van der Waals surface area contributed by atoms with Crippen LogP contribution in [0.1, 0.15) is 28.7 Å². The van der Waals surface area contributed by atoms with Crippen LogP contribution in [0.15, 0.2) is 30.3 Å². The zero-order valence-electron chi connectivity index (χ0n) is 14.6. The van der Waals surface area contributed by atoms with Crippen molar-refractivity contribution in [2.24, 2.45) is 5.41 Å². The van der Waals surface area contributed by atoms with Gasteiger partial charge in [0.15, 0.2) is 0 Å². The lowest BCUT2D eigenvalue weighted by atomic mass is 9.90. The van der Waals surface area contributed by atoms with Gasteiger partial charge in [-0.05, 0) is 32.0 Å². The van der Waals surface area contributed by atoms with Crippen LogP contribution in [0.4, 0.5) is 0 Å². The van der Waals surface area contributed by atoms with Crippen molar-refractivity contribution >= 4 is 5.97 Å². The van der Waals surface area contributed by atoms with Gasteiger partial charge < -0.3 is 18.8 Å². The van der Waals surface area contributed by atoms with Gasteiger partial charge in [0.05, 0.1) is 25.9 Å². The van der Waals surface area contributed by atoms with Crippen molar-refractivity contribution in [1.82, 2.24) is 4.57 Å². The number of nitrogens with zero attached hydrogens (tertiary/aromatic N) is 1. The first-order chi connectivity index (χ1) is 11.4. The Labute approximate surface area is 142 Å². The van der Waals surface area contributed by atoms with Crippen molar-refractivity contribution in [2.75, 3.05) is 26.9 Å². The molecule has 0 saturated carbocycles. The molecule has 0 bridgehead atoms. The minimum absolute atomic E-state index is 0.0476. The summed E-state index contributed by atoms with van der Waals surface area (Å²) in [5.41, 5.74) is 3.35. The first-order valence-corrected chi connectivity index (χ1v) is 8.02. The lowest BCUT2D eigenvalue weighted by Crippen LogP contribution is -2.44. The van der Waals surface area contributed by atoms with Crippen molar-refractivity contribution in [3.8, 4) is 11.4 Å². The summed E-state index contributed by atoms with van der Waals surface area (Å²) in [6.45, 7) is 7.63. The van der Waals surface area contributed by atoms with Gasteiger partial charge in [0.2, 0.25) is 0 Å². The van der Waals surface area contributed by atoms with Gasteiger partial charge in [0.25, 0.3) is 0 Å². The molecule has 0 spiro atoms. The van der Waals surface area contributed by atoms with Gasteiger partial charge in [-0.15, -0.1) is 0 Å². The van der Waals surface area contributed by atoms with Crippen LogP contribution in [0, 0.1) is 19.3 Å². The standard InChI is InChI=1S/C19H23NO4/c1-13-8-17(18(21)24-12-19(3)10-23-11-19)14(2)20(13)15-6-5-7-16(9-15)22-4/h5-9H,10-12H2,1-4H3. The van der Waals surface area contributed by atoms with Gasteiger partial charge in [-0.25, -0.2) is 4.79 Å². The number of methoxy groups -OCH3 is 1. The Hall–Kier alpha value is -2.27. The van der Waals surface area contributed by atoms with Crippen molar-refractivity contribution < 1.29 is 19.0 Å². The van der Waals surface area contributed by atoms with Crippen molar-refractivity contribution in [3.63, 3.8) is 0 Å². The van der Waals surface area contributed by atoms with E-state index in [0.29, 0.717) is 25.4 Å². The number of aryl methyl sites for hydroxylation is 1. The second-order valence-corrected chi connectivity index (χ2v) is 6.70. The molecular formula is C19H23NO4. The van der Waals surface area contributed by atoms with E-state index in [-0.39, 0.29) is 11.4 Å². The van der Waals surface area contributed by atoms with Gasteiger partial charge in [-0.3, -0.25) is 0 Å². The number of carbonyl (C=O) groups is 1. The Balaban J connectivity index is 1.84. The molecule has 1 aliphatic heterocycles. The van der Waals surface area contributed by atoms with Gasteiger partial charge >= 0.3 is 5.97 Å². The van der Waals surface area contributed by atoms with Crippen LogP contribution in [0.25, 0.3) is 5.69 Å². The van der Waals surface area contributed by atoms with Gasteiger partial charge in [-0.1, -0.05) is 13.0 Å². The molecule has 2 heterocycles. The minimum Gasteiger partial charge on any atom is -0.497 e. The quantitative estimate of drug-likeness (QED) is 0.790. The number of rotatable bonds is 5. The SMILES string of the molecule is COc1cccc(-n2c(C)cc(C(=O)OCC3(C)COC3)c2C)c1. The maximum absolute atomic E-state index is 12.5. The summed E-state index contributed by atoms with van der Waals surface area (Å²) in [6, 6.07) is 9.64. The molecule has 0 atom stereocenters. The number of benzene rings is 1. The molecule has 1 aromatic carbocycles. The van der Waals surface area contributed by atoms with Gasteiger partial charge in [-0.2, -0.15) is 0 Å². The highest BCUT2D eigenvalue weighted by Gasteiger charge is 2.35. The Kier molecular flexibility index (Phi) is 4.37. The molecule has 5 heteroatoms. The van der Waals surface area contributed by atoms with Crippen molar-refractivity contribution in [1.29, 1.82) is 0 Å². The fourth-order valence-electron chi connectivity index (χ4n) is 2.97. The second kappa shape index (κ2) is 6.32. The Morgan fingerprint density at radius 1 is 1.29 bits per heavy atom. The van der Waals surface area contributed by atoms with Gasteiger partial charge in [0, 0.05) is 28.6 Å². The normalized spacial score (nSPS) is 15.7. The molecule has 0 amide bonds. The highest BCUT2D eigenvalue weighted by molar-refractivity contribution is 5.91. The topological polar surface area (TPSA) is 49.7 Å². The number of hydrogen-bond donors (Lipinski definition) is 0. The van der Waals surface area contributed by atoms with Crippen LogP contribution < -0.4 is 4.74 Å². The monoisotopic (exact) mass is 329 g/mol. The van der Waals surface area contributed by atoms with Crippen LogP contribution in [0.3, 0.4) is 0 Å². The zero-order chi connectivity index (χ0) is 17.3. The fraction of sp³-hybridized carbons (Fsp3) is 0.421. The summed E-state index contributed by atoms with van der Waals surface area (Å²) in [4.78, 5) is 12.5. The van der Waals surface area contributed by atoms with Crippen LogP contribution in [0.5, 0.6) is 5.75 Å². The maximum Gasteiger partial charge on any atom is 0.340 e. The predicted octanol–water partition coefficient (Wildman–Crippen LogP) is 3.30. The lowest BCUT2D eigenvalue weighted by molar-refractivity contribution is -0.127. The largest absolute Gasteiger partial charge is 0.497 e. The lowest BCUT2D eigenvalue weighted by Gasteiger charge is -2.37. The van der Waals surface area contributed by atoms with E-state index in [4.69, 9.17) is 14.2 Å². The smallest absolute Gasteiger partial charge is 0.340 e. The minimum atomic E-state index is -0.287. The number of aromatic nitrogens is 1. The van der Waals surface area contributed by atoms with E-state index in [9.17, 15) is 4.79 Å². The molecule has 1 saturated heterocycles. The highest BCUT2D eigenvalue weighted by atomic mass is 16.5. The van der Waals surface area contributed by atoms with E-state index >= 15 is 0 Å². The van der Waals surface area contributed by atoms with E-state index in [1.54, 1.807) is 7.11 Å². The summed E-state index contributed by atoms with van der Waals surface area (Å²) in [6.07, 6.45) is 0. The first-order valence-electron chi connectivity index (χ1n) is 8.02. The Morgan fingerprint density at radius 2 is 2.04 bits per heavy atom. The molecule has 0 aliphatic carbocycles. The molecule has 1 fully saturated rings. The third-order valence-corrected chi connectivity index (χ3v) is 4.42. The van der Waals surface area contributed by atoms with E-state index < -0.39 is 0 Å². The van der Waals surface area contributed by atoms with Crippen molar-refractivity contribution in [2.45, 2.75) is 20.8 Å². The van der Waals surface area contributed by atoms with Crippen molar-refractivity contribution in [3.05, 3.63) is 47.3 Å². The number of esters is 1. The zero-order valence-corrected chi connectivity index (χ0v) is 14.6. The maximum atomic E-state index is 12.5. The molecular weight excluding hydrogens is 306 g/mol.